The first-order valence-electron chi connectivity index (χ1n) is 20.6. The van der Waals surface area contributed by atoms with Gasteiger partial charge in [0.05, 0.1) is 27.2 Å². The van der Waals surface area contributed by atoms with E-state index in [0.717, 1.165) is 33.4 Å². The molecule has 13 heteroatoms. The molecule has 0 radical (unpaired) electrons. The molecular formula is C51H46N6O7. The minimum atomic E-state index is -1.61. The Bertz CT molecular complexity index is 2730. The molecule has 0 spiro atoms. The predicted octanol–water partition coefficient (Wildman–Crippen LogP) is 9.12. The van der Waals surface area contributed by atoms with Crippen LogP contribution < -0.4 is 20.1 Å². The molecule has 8 rings (SSSR count). The quantitative estimate of drug-likeness (QED) is 0.0450. The summed E-state index contributed by atoms with van der Waals surface area (Å²) in [7, 11) is 3.24. The molecule has 0 bridgehead atoms. The molecule has 2 aromatic heterocycles. The lowest BCUT2D eigenvalue weighted by Crippen LogP contribution is -2.40. The van der Waals surface area contributed by atoms with Crippen molar-refractivity contribution in [1.82, 2.24) is 19.5 Å². The predicted molar refractivity (Wildman–Crippen MR) is 244 cm³/mol. The minimum absolute atomic E-state index is 0.0946. The van der Waals surface area contributed by atoms with E-state index in [-0.39, 0.29) is 42.4 Å². The van der Waals surface area contributed by atoms with Crippen molar-refractivity contribution in [2.75, 3.05) is 31.5 Å². The highest BCUT2D eigenvalue weighted by molar-refractivity contribution is 5.87. The van der Waals surface area contributed by atoms with E-state index < -0.39 is 29.2 Å². The van der Waals surface area contributed by atoms with E-state index >= 15 is 0 Å². The van der Waals surface area contributed by atoms with Gasteiger partial charge in [-0.25, -0.2) is 9.78 Å². The van der Waals surface area contributed by atoms with Gasteiger partial charge in [-0.15, -0.1) is 0 Å². The lowest BCUT2D eigenvalue weighted by molar-refractivity contribution is -0.157. The van der Waals surface area contributed by atoms with Crippen LogP contribution in [0.5, 0.6) is 11.5 Å². The standard InChI is InChI=1S/C51H46N6O7/c1-62-41-29-25-39(26-30-41)50(35-16-7-3-8-17-35,36-18-9-4-10-19-36)55-45-44-46(57(34-52-44)47(48(60)61)64-33-15-24-43(58)59)54-49(53-45)56-51(37-20-11-5-12-21-37,38-22-13-6-14-23-38)40-27-31-42(63-2)32-28-40/h3-14,16-23,25-32,34,47H,15,24,33H2,1-2H3,(H,58,59)(H,60,61)(H2,53,54,55,56). The molecule has 2 heterocycles. The number of anilines is 2. The summed E-state index contributed by atoms with van der Waals surface area (Å²) in [6.45, 7) is -0.143. The summed E-state index contributed by atoms with van der Waals surface area (Å²) in [6, 6.07) is 55.3. The number of nitrogens with zero attached hydrogens (tertiary/aromatic N) is 4. The van der Waals surface area contributed by atoms with E-state index in [2.05, 4.69) is 10.6 Å². The molecule has 1 unspecified atom stereocenters. The van der Waals surface area contributed by atoms with Crippen LogP contribution in [0.25, 0.3) is 11.2 Å². The van der Waals surface area contributed by atoms with Crippen molar-refractivity contribution in [1.29, 1.82) is 0 Å². The van der Waals surface area contributed by atoms with Crippen molar-refractivity contribution in [3.8, 4) is 11.5 Å². The Hall–Kier alpha value is -8.03. The van der Waals surface area contributed by atoms with Crippen molar-refractivity contribution in [3.05, 3.63) is 210 Å². The number of nitrogens with one attached hydrogen (secondary N) is 2. The normalized spacial score (nSPS) is 12.0. The largest absolute Gasteiger partial charge is 0.497 e. The van der Waals surface area contributed by atoms with Crippen LogP contribution in [-0.2, 0) is 25.4 Å². The number of rotatable bonds is 19. The Labute approximate surface area is 370 Å². The van der Waals surface area contributed by atoms with E-state index in [9.17, 15) is 19.8 Å². The van der Waals surface area contributed by atoms with E-state index in [1.165, 1.54) is 10.9 Å². The maximum atomic E-state index is 13.0. The Balaban J connectivity index is 1.41. The highest BCUT2D eigenvalue weighted by Crippen LogP contribution is 2.44. The Morgan fingerprint density at radius 2 is 1.02 bits per heavy atom. The van der Waals surface area contributed by atoms with Crippen LogP contribution in [0.1, 0.15) is 52.5 Å². The Morgan fingerprint density at radius 3 is 1.42 bits per heavy atom. The third kappa shape index (κ3) is 8.44. The zero-order chi connectivity index (χ0) is 44.5. The molecule has 0 amide bonds. The number of carboxylic acids is 2. The van der Waals surface area contributed by atoms with Gasteiger partial charge in [0.25, 0.3) is 0 Å². The maximum absolute atomic E-state index is 13.0. The molecular weight excluding hydrogens is 809 g/mol. The van der Waals surface area contributed by atoms with Gasteiger partial charge in [0.15, 0.2) is 17.0 Å². The number of benzene rings is 6. The molecule has 0 aliphatic rings. The summed E-state index contributed by atoms with van der Waals surface area (Å²) in [5, 5.41) is 27.5. The molecule has 322 valence electrons. The molecule has 1 atom stereocenters. The van der Waals surface area contributed by atoms with Crippen LogP contribution in [0, 0.1) is 0 Å². The van der Waals surface area contributed by atoms with Gasteiger partial charge in [-0.2, -0.15) is 9.97 Å². The van der Waals surface area contributed by atoms with Crippen LogP contribution in [0.15, 0.2) is 176 Å². The topological polar surface area (TPSA) is 170 Å². The van der Waals surface area contributed by atoms with Crippen LogP contribution in [-0.4, -0.2) is 62.5 Å². The fraction of sp³-hybridized carbons (Fsp3) is 0.157. The van der Waals surface area contributed by atoms with Gasteiger partial charge in [-0.05, 0) is 64.1 Å². The van der Waals surface area contributed by atoms with Gasteiger partial charge >= 0.3 is 11.9 Å². The van der Waals surface area contributed by atoms with Gasteiger partial charge in [-0.1, -0.05) is 146 Å². The first-order valence-corrected chi connectivity index (χ1v) is 20.6. The van der Waals surface area contributed by atoms with Crippen molar-refractivity contribution in [2.24, 2.45) is 0 Å². The molecule has 6 aromatic carbocycles. The second kappa shape index (κ2) is 18.9. The number of carbonyl (C=O) groups is 2. The molecule has 0 fully saturated rings. The number of aromatic nitrogens is 4. The third-order valence-electron chi connectivity index (χ3n) is 11.2. The van der Waals surface area contributed by atoms with E-state index in [1.54, 1.807) is 14.2 Å². The summed E-state index contributed by atoms with van der Waals surface area (Å²) >= 11 is 0. The molecule has 4 N–H and O–H groups in total. The maximum Gasteiger partial charge on any atom is 0.354 e. The summed E-state index contributed by atoms with van der Waals surface area (Å²) in [5.74, 6) is -0.592. The first kappa shape index (κ1) is 42.7. The van der Waals surface area contributed by atoms with E-state index in [0.29, 0.717) is 11.5 Å². The number of ether oxygens (including phenoxy) is 3. The summed E-state index contributed by atoms with van der Waals surface area (Å²) in [4.78, 5) is 39.5. The number of aliphatic carboxylic acids is 2. The second-order valence-corrected chi connectivity index (χ2v) is 14.9. The van der Waals surface area contributed by atoms with Crippen LogP contribution in [0.4, 0.5) is 11.8 Å². The second-order valence-electron chi connectivity index (χ2n) is 14.9. The van der Waals surface area contributed by atoms with Crippen LogP contribution in [0.2, 0.25) is 0 Å². The van der Waals surface area contributed by atoms with Crippen molar-refractivity contribution < 1.29 is 34.0 Å². The van der Waals surface area contributed by atoms with Crippen LogP contribution in [0.3, 0.4) is 0 Å². The van der Waals surface area contributed by atoms with E-state index in [4.69, 9.17) is 29.2 Å². The van der Waals surface area contributed by atoms with Gasteiger partial charge in [0.1, 0.15) is 22.6 Å². The fourth-order valence-corrected chi connectivity index (χ4v) is 8.13. The molecule has 0 aliphatic heterocycles. The Kier molecular flexibility index (Phi) is 12.6. The number of hydrogen-bond acceptors (Lipinski definition) is 10. The van der Waals surface area contributed by atoms with Gasteiger partial charge < -0.3 is 35.1 Å². The summed E-state index contributed by atoms with van der Waals surface area (Å²) in [6.07, 6.45) is -0.355. The van der Waals surface area contributed by atoms with Crippen molar-refractivity contribution in [3.63, 3.8) is 0 Å². The molecule has 0 saturated heterocycles. The zero-order valence-corrected chi connectivity index (χ0v) is 35.2. The molecule has 13 nitrogen and oxygen atoms in total. The smallest absolute Gasteiger partial charge is 0.354 e. The number of carboxylic acid groups (broad SMARTS) is 2. The molecule has 0 saturated carbocycles. The Morgan fingerprint density at radius 1 is 0.594 bits per heavy atom. The van der Waals surface area contributed by atoms with E-state index in [1.807, 2.05) is 170 Å². The molecule has 64 heavy (non-hydrogen) atoms. The van der Waals surface area contributed by atoms with Crippen molar-refractivity contribution in [2.45, 2.75) is 30.1 Å². The third-order valence-corrected chi connectivity index (χ3v) is 11.2. The van der Waals surface area contributed by atoms with Gasteiger partial charge in [0.2, 0.25) is 12.2 Å². The zero-order valence-electron chi connectivity index (χ0n) is 35.2. The molecule has 8 aromatic rings. The van der Waals surface area contributed by atoms with Crippen molar-refractivity contribution >= 4 is 34.9 Å². The number of hydrogen-bond donors (Lipinski definition) is 4. The SMILES string of the molecule is COc1ccc(C(Nc2nc(NC(c3ccccc3)(c3ccccc3)c3ccc(OC)cc3)c3ncn(C(OCCCC(=O)O)C(=O)O)c3n2)(c2ccccc2)c2ccccc2)cc1. The average molecular weight is 855 g/mol. The minimum Gasteiger partial charge on any atom is -0.497 e. The summed E-state index contributed by atoms with van der Waals surface area (Å²) in [5.41, 5.74) is 3.30. The summed E-state index contributed by atoms with van der Waals surface area (Å²) < 4.78 is 18.4. The van der Waals surface area contributed by atoms with Gasteiger partial charge in [0, 0.05) is 6.42 Å². The average Bonchev–Trinajstić information content (AvgIpc) is 3.77. The lowest BCUT2D eigenvalue weighted by atomic mass is 9.77. The number of methoxy groups -OCH3 is 2. The van der Waals surface area contributed by atoms with Gasteiger partial charge in [-0.3, -0.25) is 9.36 Å². The lowest BCUT2D eigenvalue weighted by Gasteiger charge is -2.38. The highest BCUT2D eigenvalue weighted by atomic mass is 16.5. The monoisotopic (exact) mass is 854 g/mol. The first-order chi connectivity index (χ1) is 31.3. The number of imidazole rings is 1. The molecule has 0 aliphatic carbocycles. The highest BCUT2D eigenvalue weighted by Gasteiger charge is 2.41. The fourth-order valence-electron chi connectivity index (χ4n) is 8.13. The van der Waals surface area contributed by atoms with Crippen LogP contribution >= 0.6 is 0 Å². The number of fused-ring (bicyclic) bond motifs is 1.